The van der Waals surface area contributed by atoms with Crippen LogP contribution in [0.1, 0.15) is 0 Å². The van der Waals surface area contributed by atoms with Gasteiger partial charge in [0.2, 0.25) is 0 Å². The van der Waals surface area contributed by atoms with Crippen LogP contribution in [-0.2, 0) is 0 Å². The third-order valence-electron chi connectivity index (χ3n) is 19.6. The molecular formula is C92H58BBrO4. The lowest BCUT2D eigenvalue weighted by molar-refractivity contribution is 0.426. The van der Waals surface area contributed by atoms with Crippen LogP contribution < -0.4 is 5.46 Å². The first kappa shape index (κ1) is 58.7. The summed E-state index contributed by atoms with van der Waals surface area (Å²) in [4.78, 5) is 0. The van der Waals surface area contributed by atoms with E-state index in [1.807, 2.05) is 54.6 Å². The van der Waals surface area contributed by atoms with E-state index in [4.69, 9.17) is 8.83 Å². The van der Waals surface area contributed by atoms with E-state index in [9.17, 15) is 10.0 Å². The van der Waals surface area contributed by atoms with Gasteiger partial charge in [0.25, 0.3) is 0 Å². The summed E-state index contributed by atoms with van der Waals surface area (Å²) in [5.41, 5.74) is 16.2. The van der Waals surface area contributed by atoms with E-state index in [1.165, 1.54) is 92.6 Å². The molecule has 2 N–H and O–H groups in total. The molecule has 0 aliphatic carbocycles. The average Bonchev–Trinajstić information content (AvgIpc) is 1.09. The smallest absolute Gasteiger partial charge is 0.455 e. The first-order valence-electron chi connectivity index (χ1n) is 33.1. The molecule has 98 heavy (non-hydrogen) atoms. The third-order valence-corrected chi connectivity index (χ3v) is 20.1. The van der Waals surface area contributed by atoms with Crippen LogP contribution in [0.25, 0.3) is 186 Å². The quantitative estimate of drug-likeness (QED) is 0.129. The van der Waals surface area contributed by atoms with Crippen molar-refractivity contribution in [2.45, 2.75) is 0 Å². The molecule has 0 fully saturated rings. The van der Waals surface area contributed by atoms with Gasteiger partial charge in [0.05, 0.1) is 0 Å². The maximum Gasteiger partial charge on any atom is 0.489 e. The van der Waals surface area contributed by atoms with Crippen molar-refractivity contribution in [1.29, 1.82) is 0 Å². The fourth-order valence-corrected chi connectivity index (χ4v) is 15.5. The van der Waals surface area contributed by atoms with Crippen LogP contribution in [0.15, 0.2) is 353 Å². The van der Waals surface area contributed by atoms with Crippen molar-refractivity contribution >= 4 is 159 Å². The number of halogens is 1. The second kappa shape index (κ2) is 24.4. The van der Waals surface area contributed by atoms with Gasteiger partial charge < -0.3 is 18.9 Å². The Hall–Kier alpha value is -11.9. The third kappa shape index (κ3) is 10.2. The Labute approximate surface area is 573 Å². The minimum atomic E-state index is -1.52. The molecule has 0 radical (unpaired) electrons. The molecule has 0 bridgehead atoms. The Morgan fingerprint density at radius 1 is 0.214 bits per heavy atom. The summed E-state index contributed by atoms with van der Waals surface area (Å²) in [6.07, 6.45) is 0. The monoisotopic (exact) mass is 1320 g/mol. The van der Waals surface area contributed by atoms with Gasteiger partial charge in [-0.25, -0.2) is 0 Å². The van der Waals surface area contributed by atoms with E-state index in [1.54, 1.807) is 0 Å². The summed E-state index contributed by atoms with van der Waals surface area (Å²) < 4.78 is 13.9. The lowest BCUT2D eigenvalue weighted by atomic mass is 9.72. The molecule has 0 spiro atoms. The van der Waals surface area contributed by atoms with Gasteiger partial charge >= 0.3 is 7.12 Å². The first-order chi connectivity index (χ1) is 48.3. The zero-order valence-corrected chi connectivity index (χ0v) is 54.6. The fraction of sp³-hybridized carbons (Fsp3) is 0. The molecule has 0 atom stereocenters. The van der Waals surface area contributed by atoms with Crippen molar-refractivity contribution in [1.82, 2.24) is 0 Å². The normalized spacial score (nSPS) is 11.6. The lowest BCUT2D eigenvalue weighted by Gasteiger charge is -2.18. The molecule has 18 aromatic carbocycles. The number of rotatable bonds is 6. The maximum absolute atomic E-state index is 10.1. The second-order valence-electron chi connectivity index (χ2n) is 25.3. The number of hydrogen-bond donors (Lipinski definition) is 2. The minimum Gasteiger partial charge on any atom is -0.455 e. The van der Waals surface area contributed by atoms with Crippen LogP contribution >= 0.6 is 15.9 Å². The molecule has 20 aromatic rings. The summed E-state index contributed by atoms with van der Waals surface area (Å²) in [6.45, 7) is 0. The molecule has 2 aromatic heterocycles. The van der Waals surface area contributed by atoms with Crippen molar-refractivity contribution in [3.8, 4) is 55.6 Å². The average molecular weight is 1320 g/mol. The molecule has 6 heteroatoms. The van der Waals surface area contributed by atoms with Gasteiger partial charge in [-0.3, -0.25) is 0 Å². The van der Waals surface area contributed by atoms with E-state index in [0.29, 0.717) is 5.46 Å². The highest BCUT2D eigenvalue weighted by Gasteiger charge is 2.23. The van der Waals surface area contributed by atoms with Crippen molar-refractivity contribution in [3.05, 3.63) is 344 Å². The van der Waals surface area contributed by atoms with E-state index in [-0.39, 0.29) is 0 Å². The van der Waals surface area contributed by atoms with Crippen LogP contribution in [0, 0.1) is 0 Å². The molecular weight excluding hydrogens is 1260 g/mol. The van der Waals surface area contributed by atoms with Crippen molar-refractivity contribution in [3.63, 3.8) is 0 Å². The summed E-state index contributed by atoms with van der Waals surface area (Å²) >= 11 is 3.54. The Morgan fingerprint density at radius 3 is 0.949 bits per heavy atom. The number of benzene rings is 18. The molecule has 0 unspecified atom stereocenters. The van der Waals surface area contributed by atoms with Crippen LogP contribution in [0.5, 0.6) is 0 Å². The maximum atomic E-state index is 10.1. The Morgan fingerprint density at radius 2 is 0.520 bits per heavy atom. The van der Waals surface area contributed by atoms with E-state index < -0.39 is 7.12 Å². The SMILES string of the molecule is Brc1cccc(-c2ccc3c(c2)oc2c4ccccc4ccc32)c1.OB(O)c1c2ccccc2c(-c2ccc3ccccc3c2)c2ccccc12.c1cc(-c2ccc3c(c2)oc2c4ccccc4ccc32)cc(-c2c3ccccc3c(-c3ccc4ccccc4c3)c3ccccc23)c1. The summed E-state index contributed by atoms with van der Waals surface area (Å²) in [6, 6.07) is 120. The topological polar surface area (TPSA) is 66.7 Å². The standard InChI is InChI=1S/C46H28O.C24H17BO2.C22H13BrO/c1-2-12-31-26-35(21-20-29(31)10-1)45-40-18-7-5-16-38(40)44(39-17-6-8-19-41(39)45)34-14-9-13-32(27-34)33-23-24-37-42-25-22-30-11-3-4-15-36(30)46(42)47-43(37)28-33;26-25(27)24-21-11-5-3-9-19(21)23(20-10-4-6-12-22(20)24)18-14-13-16-7-1-2-8-17(16)15-18;23-17-6-3-5-15(12-17)16-9-10-19-20-11-8-14-4-1-2-7-18(14)22(20)24-21(19)13-16/h1-28H;1-15,26-27H;1-13H. The molecule has 0 amide bonds. The molecule has 20 rings (SSSR count). The van der Waals surface area contributed by atoms with Crippen LogP contribution in [0.4, 0.5) is 0 Å². The predicted octanol–water partition coefficient (Wildman–Crippen LogP) is 24.9. The molecule has 2 heterocycles. The molecule has 0 saturated carbocycles. The number of furan rings is 2. The summed E-state index contributed by atoms with van der Waals surface area (Å²) in [7, 11) is -1.52. The molecule has 4 nitrogen and oxygen atoms in total. The van der Waals surface area contributed by atoms with Crippen LogP contribution in [0.2, 0.25) is 0 Å². The van der Waals surface area contributed by atoms with Crippen LogP contribution in [-0.4, -0.2) is 17.2 Å². The Kier molecular flexibility index (Phi) is 14.6. The summed E-state index contributed by atoms with van der Waals surface area (Å²) in [5.74, 6) is 0. The van der Waals surface area contributed by atoms with Crippen LogP contribution in [0.3, 0.4) is 0 Å². The minimum absolute atomic E-state index is 0.561. The Balaban J connectivity index is 0.000000116. The van der Waals surface area contributed by atoms with Crippen molar-refractivity contribution in [2.75, 3.05) is 0 Å². The Bertz CT molecular complexity index is 6470. The van der Waals surface area contributed by atoms with Crippen molar-refractivity contribution < 1.29 is 18.9 Å². The largest absolute Gasteiger partial charge is 0.489 e. The highest BCUT2D eigenvalue weighted by Crippen LogP contribution is 2.46. The van der Waals surface area contributed by atoms with Gasteiger partial charge in [0, 0.05) is 36.8 Å². The van der Waals surface area contributed by atoms with E-state index >= 15 is 0 Å². The predicted molar refractivity (Wildman–Crippen MR) is 419 cm³/mol. The molecule has 460 valence electrons. The van der Waals surface area contributed by atoms with Gasteiger partial charge in [-0.2, -0.15) is 0 Å². The van der Waals surface area contributed by atoms with Crippen molar-refractivity contribution in [2.24, 2.45) is 0 Å². The van der Waals surface area contributed by atoms with E-state index in [0.717, 1.165) is 97.5 Å². The van der Waals surface area contributed by atoms with Gasteiger partial charge in [0.15, 0.2) is 0 Å². The fourth-order valence-electron chi connectivity index (χ4n) is 15.1. The zero-order valence-electron chi connectivity index (χ0n) is 53.0. The molecule has 0 saturated heterocycles. The highest BCUT2D eigenvalue weighted by atomic mass is 79.9. The lowest BCUT2D eigenvalue weighted by Crippen LogP contribution is -2.31. The number of fused-ring (bicyclic) bond motifs is 16. The molecule has 0 aliphatic rings. The van der Waals surface area contributed by atoms with E-state index in [2.05, 4.69) is 301 Å². The van der Waals surface area contributed by atoms with Gasteiger partial charge in [-0.15, -0.1) is 0 Å². The zero-order chi connectivity index (χ0) is 65.4. The highest BCUT2D eigenvalue weighted by molar-refractivity contribution is 9.10. The molecule has 0 aliphatic heterocycles. The first-order valence-corrected chi connectivity index (χ1v) is 33.9. The van der Waals surface area contributed by atoms with Gasteiger partial charge in [0.1, 0.15) is 22.3 Å². The van der Waals surface area contributed by atoms with Gasteiger partial charge in [-0.05, 0) is 203 Å². The van der Waals surface area contributed by atoms with Gasteiger partial charge in [-0.1, -0.05) is 289 Å². The second-order valence-corrected chi connectivity index (χ2v) is 26.2. The number of hydrogen-bond acceptors (Lipinski definition) is 4. The summed E-state index contributed by atoms with van der Waals surface area (Å²) in [5, 5.41) is 43.2.